The van der Waals surface area contributed by atoms with Gasteiger partial charge in [0.1, 0.15) is 13.2 Å². The molecule has 0 amide bonds. The molecular formula is C15H16BrNO2S. The highest BCUT2D eigenvalue weighted by Gasteiger charge is 2.14. The Balaban J connectivity index is 1.73. The normalized spacial score (nSPS) is 13.3. The van der Waals surface area contributed by atoms with E-state index < -0.39 is 0 Å². The summed E-state index contributed by atoms with van der Waals surface area (Å²) in [6, 6.07) is 8.33. The van der Waals surface area contributed by atoms with Gasteiger partial charge >= 0.3 is 0 Å². The highest BCUT2D eigenvalue weighted by molar-refractivity contribution is 9.10. The van der Waals surface area contributed by atoms with E-state index in [2.05, 4.69) is 40.3 Å². The van der Waals surface area contributed by atoms with E-state index in [1.54, 1.807) is 0 Å². The molecule has 1 aliphatic rings. The molecule has 0 aliphatic carbocycles. The van der Waals surface area contributed by atoms with E-state index in [4.69, 9.17) is 9.47 Å². The van der Waals surface area contributed by atoms with Gasteiger partial charge in [-0.2, -0.15) is 0 Å². The van der Waals surface area contributed by atoms with E-state index in [1.165, 1.54) is 9.75 Å². The molecule has 0 unspecified atom stereocenters. The number of rotatable bonds is 4. The summed E-state index contributed by atoms with van der Waals surface area (Å²) in [6.07, 6.45) is 1.10. The largest absolute Gasteiger partial charge is 0.486 e. The van der Waals surface area contributed by atoms with E-state index in [0.29, 0.717) is 13.2 Å². The van der Waals surface area contributed by atoms with Crippen molar-refractivity contribution in [2.75, 3.05) is 18.5 Å². The van der Waals surface area contributed by atoms with Crippen LogP contribution in [0.5, 0.6) is 11.5 Å². The van der Waals surface area contributed by atoms with Crippen molar-refractivity contribution in [3.8, 4) is 11.5 Å². The molecule has 0 fully saturated rings. The molecule has 106 valence electrons. The fourth-order valence-corrected chi connectivity index (χ4v) is 3.45. The topological polar surface area (TPSA) is 30.5 Å². The van der Waals surface area contributed by atoms with Gasteiger partial charge in [0, 0.05) is 32.9 Å². The summed E-state index contributed by atoms with van der Waals surface area (Å²) in [6.45, 7) is 4.23. The Morgan fingerprint density at radius 1 is 1.15 bits per heavy atom. The Morgan fingerprint density at radius 2 is 1.85 bits per heavy atom. The highest BCUT2D eigenvalue weighted by atomic mass is 79.9. The van der Waals surface area contributed by atoms with E-state index in [-0.39, 0.29) is 0 Å². The maximum absolute atomic E-state index is 5.61. The molecule has 1 aromatic carbocycles. The van der Waals surface area contributed by atoms with Crippen LogP contribution in [0.15, 0.2) is 28.7 Å². The molecule has 3 nitrogen and oxygen atoms in total. The maximum atomic E-state index is 5.61. The number of thiophene rings is 1. The van der Waals surface area contributed by atoms with Gasteiger partial charge < -0.3 is 14.8 Å². The van der Waals surface area contributed by atoms with Gasteiger partial charge in [0.05, 0.1) is 5.69 Å². The predicted molar refractivity (Wildman–Crippen MR) is 86.2 cm³/mol. The first-order valence-electron chi connectivity index (χ1n) is 6.67. The minimum Gasteiger partial charge on any atom is -0.486 e. The van der Waals surface area contributed by atoms with Gasteiger partial charge in [-0.25, -0.2) is 0 Å². The lowest BCUT2D eigenvalue weighted by Crippen LogP contribution is -2.15. The van der Waals surface area contributed by atoms with Crippen LogP contribution in [0.3, 0.4) is 0 Å². The minimum absolute atomic E-state index is 0.610. The minimum atomic E-state index is 0.610. The van der Waals surface area contributed by atoms with Gasteiger partial charge in [0.2, 0.25) is 0 Å². The monoisotopic (exact) mass is 353 g/mol. The van der Waals surface area contributed by atoms with Crippen LogP contribution in [0.4, 0.5) is 5.69 Å². The molecule has 0 bridgehead atoms. The molecule has 1 N–H and O–H groups in total. The SMILES string of the molecule is CCc1ccc(CNc2cc3c(cc2Br)OCCO3)s1. The van der Waals surface area contributed by atoms with Crippen LogP contribution in [0.1, 0.15) is 16.7 Å². The Bertz CT molecular complexity index is 612. The predicted octanol–water partition coefficient (Wildman–Crippen LogP) is 4.46. The van der Waals surface area contributed by atoms with E-state index >= 15 is 0 Å². The fourth-order valence-electron chi connectivity index (χ4n) is 2.09. The van der Waals surface area contributed by atoms with E-state index in [9.17, 15) is 0 Å². The van der Waals surface area contributed by atoms with Crippen LogP contribution in [-0.2, 0) is 13.0 Å². The van der Waals surface area contributed by atoms with Gasteiger partial charge in [0.25, 0.3) is 0 Å². The Morgan fingerprint density at radius 3 is 2.55 bits per heavy atom. The lowest BCUT2D eigenvalue weighted by molar-refractivity contribution is 0.171. The molecule has 2 aromatic rings. The molecule has 1 aliphatic heterocycles. The van der Waals surface area contributed by atoms with Crippen LogP contribution in [-0.4, -0.2) is 13.2 Å². The van der Waals surface area contributed by atoms with Crippen molar-refractivity contribution in [3.05, 3.63) is 38.5 Å². The fraction of sp³-hybridized carbons (Fsp3) is 0.333. The Labute approximate surface area is 131 Å². The second kappa shape index (κ2) is 6.06. The first kappa shape index (κ1) is 13.8. The quantitative estimate of drug-likeness (QED) is 0.880. The molecule has 3 rings (SSSR count). The zero-order valence-corrected chi connectivity index (χ0v) is 13.6. The highest BCUT2D eigenvalue weighted by Crippen LogP contribution is 2.38. The summed E-state index contributed by atoms with van der Waals surface area (Å²) >= 11 is 5.43. The number of aryl methyl sites for hydroxylation is 1. The van der Waals surface area contributed by atoms with E-state index in [0.717, 1.165) is 34.6 Å². The van der Waals surface area contributed by atoms with Crippen molar-refractivity contribution in [2.24, 2.45) is 0 Å². The van der Waals surface area contributed by atoms with Gasteiger partial charge in [-0.05, 0) is 34.5 Å². The summed E-state index contributed by atoms with van der Waals surface area (Å²) in [5, 5.41) is 3.44. The molecule has 0 spiro atoms. The number of ether oxygens (including phenoxy) is 2. The molecule has 0 saturated heterocycles. The van der Waals surface area contributed by atoms with Gasteiger partial charge in [-0.15, -0.1) is 11.3 Å². The van der Waals surface area contributed by atoms with Crippen molar-refractivity contribution in [3.63, 3.8) is 0 Å². The van der Waals surface area contributed by atoms with Crippen molar-refractivity contribution < 1.29 is 9.47 Å². The molecule has 1 aromatic heterocycles. The average Bonchev–Trinajstić information content (AvgIpc) is 2.93. The van der Waals surface area contributed by atoms with Gasteiger partial charge in [0.15, 0.2) is 11.5 Å². The van der Waals surface area contributed by atoms with Crippen molar-refractivity contribution in [1.29, 1.82) is 0 Å². The van der Waals surface area contributed by atoms with Crippen molar-refractivity contribution in [1.82, 2.24) is 0 Å². The number of nitrogens with one attached hydrogen (secondary N) is 1. The third-order valence-electron chi connectivity index (χ3n) is 3.15. The molecule has 5 heteroatoms. The first-order valence-corrected chi connectivity index (χ1v) is 8.28. The lowest BCUT2D eigenvalue weighted by atomic mass is 10.2. The zero-order valence-electron chi connectivity index (χ0n) is 11.2. The van der Waals surface area contributed by atoms with Gasteiger partial charge in [-0.1, -0.05) is 6.92 Å². The summed E-state index contributed by atoms with van der Waals surface area (Å²) in [5.74, 6) is 1.61. The molecule has 0 saturated carbocycles. The van der Waals surface area contributed by atoms with E-state index in [1.807, 2.05) is 23.5 Å². The third-order valence-corrected chi connectivity index (χ3v) is 5.04. The van der Waals surface area contributed by atoms with Gasteiger partial charge in [-0.3, -0.25) is 0 Å². The van der Waals surface area contributed by atoms with Crippen LogP contribution < -0.4 is 14.8 Å². The second-order valence-electron chi connectivity index (χ2n) is 4.55. The number of benzene rings is 1. The zero-order chi connectivity index (χ0) is 13.9. The number of anilines is 1. The number of hydrogen-bond donors (Lipinski definition) is 1. The van der Waals surface area contributed by atoms with Crippen LogP contribution in [0, 0.1) is 0 Å². The lowest BCUT2D eigenvalue weighted by Gasteiger charge is -2.20. The number of hydrogen-bond acceptors (Lipinski definition) is 4. The molecule has 2 heterocycles. The Hall–Kier alpha value is -1.20. The summed E-state index contributed by atoms with van der Waals surface area (Å²) in [7, 11) is 0. The van der Waals surface area contributed by atoms with Crippen LogP contribution in [0.25, 0.3) is 0 Å². The smallest absolute Gasteiger partial charge is 0.163 e. The average molecular weight is 354 g/mol. The van der Waals surface area contributed by atoms with Crippen molar-refractivity contribution >= 4 is 33.0 Å². The maximum Gasteiger partial charge on any atom is 0.163 e. The standard InChI is InChI=1S/C15H16BrNO2S/c1-2-10-3-4-11(20-10)9-17-13-8-15-14(7-12(13)16)18-5-6-19-15/h3-4,7-8,17H,2,5-6,9H2,1H3. The molecule has 0 radical (unpaired) electrons. The first-order chi connectivity index (χ1) is 9.76. The number of fused-ring (bicyclic) bond motifs is 1. The summed E-state index contributed by atoms with van der Waals surface area (Å²) in [5.41, 5.74) is 1.03. The molecule has 20 heavy (non-hydrogen) atoms. The van der Waals surface area contributed by atoms with Crippen LogP contribution >= 0.6 is 27.3 Å². The molecule has 0 atom stereocenters. The second-order valence-corrected chi connectivity index (χ2v) is 6.66. The van der Waals surface area contributed by atoms with Crippen molar-refractivity contribution in [2.45, 2.75) is 19.9 Å². The van der Waals surface area contributed by atoms with Crippen LogP contribution in [0.2, 0.25) is 0 Å². The molecular weight excluding hydrogens is 338 g/mol. The third kappa shape index (κ3) is 2.94. The number of halogens is 1. The summed E-state index contributed by atoms with van der Waals surface area (Å²) in [4.78, 5) is 2.76. The summed E-state index contributed by atoms with van der Waals surface area (Å²) < 4.78 is 12.2. The Kier molecular flexibility index (Phi) is 4.17.